The van der Waals surface area contributed by atoms with Crippen molar-refractivity contribution in [3.8, 4) is 12.3 Å². The van der Waals surface area contributed by atoms with Gasteiger partial charge in [0.25, 0.3) is 11.8 Å². The molecule has 3 aromatic rings. The average molecular weight is 632 g/mol. The Morgan fingerprint density at radius 1 is 0.933 bits per heavy atom. The van der Waals surface area contributed by atoms with Crippen LogP contribution in [0.25, 0.3) is 0 Å². The molecule has 11 heteroatoms. The Morgan fingerprint density at radius 3 is 2.16 bits per heavy atom. The van der Waals surface area contributed by atoms with E-state index in [1.165, 1.54) is 25.2 Å². The highest BCUT2D eigenvalue weighted by Crippen LogP contribution is 2.24. The molecule has 0 spiro atoms. The number of rotatable bonds is 14. The minimum Gasteiger partial charge on any atom is -0.358 e. The first-order valence-electron chi connectivity index (χ1n) is 14.6. The topological polar surface area (TPSA) is 128 Å². The monoisotopic (exact) mass is 631 g/mol. The summed E-state index contributed by atoms with van der Waals surface area (Å²) in [5.74, 6) is 1.24. The first kappa shape index (κ1) is 34.7. The third-order valence-corrected chi connectivity index (χ3v) is 8.65. The molecular formula is C34H41N5O5S. The van der Waals surface area contributed by atoms with Gasteiger partial charge in [-0.3, -0.25) is 18.7 Å². The Hall–Kier alpha value is -4.82. The van der Waals surface area contributed by atoms with Gasteiger partial charge < -0.3 is 20.9 Å². The molecule has 0 unspecified atom stereocenters. The van der Waals surface area contributed by atoms with E-state index in [0.717, 1.165) is 27.4 Å². The maximum absolute atomic E-state index is 13.5. The molecule has 3 aromatic carbocycles. The summed E-state index contributed by atoms with van der Waals surface area (Å²) in [6.45, 7) is 6.24. The normalized spacial score (nSPS) is 12.3. The van der Waals surface area contributed by atoms with E-state index in [9.17, 15) is 22.8 Å². The molecule has 2 atom stereocenters. The number of terminal acetylenes is 1. The Morgan fingerprint density at radius 2 is 1.56 bits per heavy atom. The lowest BCUT2D eigenvalue weighted by Crippen LogP contribution is -2.49. The zero-order valence-electron chi connectivity index (χ0n) is 26.3. The fourth-order valence-electron chi connectivity index (χ4n) is 4.88. The van der Waals surface area contributed by atoms with Crippen molar-refractivity contribution in [1.82, 2.24) is 16.0 Å². The van der Waals surface area contributed by atoms with Crippen LogP contribution in [0.1, 0.15) is 58.2 Å². The Balaban J connectivity index is 1.87. The first-order valence-corrected chi connectivity index (χ1v) is 16.5. The van der Waals surface area contributed by atoms with Gasteiger partial charge in [0.2, 0.25) is 15.9 Å². The number of para-hydroxylation sites is 1. The van der Waals surface area contributed by atoms with Gasteiger partial charge in [-0.1, -0.05) is 61.4 Å². The molecule has 0 saturated carbocycles. The van der Waals surface area contributed by atoms with Gasteiger partial charge in [-0.05, 0) is 55.7 Å². The highest BCUT2D eigenvalue weighted by Gasteiger charge is 2.26. The van der Waals surface area contributed by atoms with Gasteiger partial charge in [0.05, 0.1) is 24.5 Å². The number of hydrogen-bond acceptors (Lipinski definition) is 6. The Kier molecular flexibility index (Phi) is 12.1. The highest BCUT2D eigenvalue weighted by atomic mass is 32.2. The van der Waals surface area contributed by atoms with Crippen molar-refractivity contribution in [3.05, 3.63) is 95.1 Å². The maximum Gasteiger partial charge on any atom is 0.251 e. The molecule has 0 aliphatic heterocycles. The second-order valence-electron chi connectivity index (χ2n) is 10.7. The molecule has 0 aliphatic carbocycles. The van der Waals surface area contributed by atoms with Gasteiger partial charge in [-0.25, -0.2) is 8.42 Å². The lowest BCUT2D eigenvalue weighted by molar-refractivity contribution is -0.122. The molecule has 0 fully saturated rings. The van der Waals surface area contributed by atoms with E-state index in [4.69, 9.17) is 6.42 Å². The second-order valence-corrected chi connectivity index (χ2v) is 12.7. The quantitative estimate of drug-likeness (QED) is 0.233. The summed E-state index contributed by atoms with van der Waals surface area (Å²) in [6.07, 6.45) is 6.88. The molecule has 0 aliphatic rings. The molecule has 3 rings (SSSR count). The predicted molar refractivity (Wildman–Crippen MR) is 179 cm³/mol. The van der Waals surface area contributed by atoms with Crippen LogP contribution in [0.4, 0.5) is 11.4 Å². The average Bonchev–Trinajstić information content (AvgIpc) is 3.02. The number of benzene rings is 3. The summed E-state index contributed by atoms with van der Waals surface area (Å²) in [4.78, 5) is 41.7. The van der Waals surface area contributed by atoms with E-state index in [1.807, 2.05) is 80.3 Å². The third kappa shape index (κ3) is 9.33. The van der Waals surface area contributed by atoms with Crippen LogP contribution in [0, 0.1) is 19.3 Å². The van der Waals surface area contributed by atoms with Crippen LogP contribution >= 0.6 is 0 Å². The van der Waals surface area contributed by atoms with E-state index in [-0.39, 0.29) is 41.9 Å². The third-order valence-electron chi connectivity index (χ3n) is 7.44. The molecule has 0 saturated heterocycles. The summed E-state index contributed by atoms with van der Waals surface area (Å²) in [5.41, 5.74) is 3.11. The lowest BCUT2D eigenvalue weighted by Gasteiger charge is -2.33. The number of anilines is 2. The maximum atomic E-state index is 13.5. The molecule has 45 heavy (non-hydrogen) atoms. The van der Waals surface area contributed by atoms with E-state index >= 15 is 0 Å². The molecule has 10 nitrogen and oxygen atoms in total. The molecule has 3 N–H and O–H groups in total. The first-order chi connectivity index (χ1) is 21.4. The van der Waals surface area contributed by atoms with Gasteiger partial charge in [-0.2, -0.15) is 0 Å². The summed E-state index contributed by atoms with van der Waals surface area (Å²) in [6, 6.07) is 20.5. The summed E-state index contributed by atoms with van der Waals surface area (Å²) in [7, 11) is -2.33. The Bertz CT molecular complexity index is 1650. The van der Waals surface area contributed by atoms with E-state index in [1.54, 1.807) is 0 Å². The molecule has 238 valence electrons. The van der Waals surface area contributed by atoms with Gasteiger partial charge in [0.1, 0.15) is 6.04 Å². The van der Waals surface area contributed by atoms with Crippen molar-refractivity contribution in [2.24, 2.45) is 0 Å². The molecule has 0 radical (unpaired) electrons. The van der Waals surface area contributed by atoms with Crippen molar-refractivity contribution in [1.29, 1.82) is 0 Å². The second kappa shape index (κ2) is 15.8. The molecule has 0 bridgehead atoms. The SMILES string of the molecule is C#CCNC(=O)[C@H](CC)N(CCNC(=O)c1cc(C(=O)N[C@H](C)c2ccccc2)cc(N(C)S(C)(=O)=O)c1)c1ccccc1C. The minimum absolute atomic E-state index is 0.103. The fourth-order valence-corrected chi connectivity index (χ4v) is 5.37. The zero-order valence-corrected chi connectivity index (χ0v) is 27.1. The number of hydrogen-bond donors (Lipinski definition) is 3. The molecular weight excluding hydrogens is 590 g/mol. The molecule has 0 heterocycles. The van der Waals surface area contributed by atoms with Crippen LogP contribution in [0.15, 0.2) is 72.8 Å². The number of nitrogens with zero attached hydrogens (tertiary/aromatic N) is 2. The smallest absolute Gasteiger partial charge is 0.251 e. The van der Waals surface area contributed by atoms with Crippen LogP contribution in [-0.4, -0.2) is 65.1 Å². The number of nitrogens with one attached hydrogen (secondary N) is 3. The molecule has 3 amide bonds. The predicted octanol–water partition coefficient (Wildman–Crippen LogP) is 3.65. The van der Waals surface area contributed by atoms with Crippen molar-refractivity contribution >= 4 is 39.1 Å². The van der Waals surface area contributed by atoms with E-state index < -0.39 is 27.9 Å². The summed E-state index contributed by atoms with van der Waals surface area (Å²) < 4.78 is 25.7. The minimum atomic E-state index is -3.68. The van der Waals surface area contributed by atoms with Gasteiger partial charge in [-0.15, -0.1) is 6.42 Å². The van der Waals surface area contributed by atoms with Crippen molar-refractivity contribution in [2.45, 2.75) is 39.3 Å². The largest absolute Gasteiger partial charge is 0.358 e. The van der Waals surface area contributed by atoms with Crippen LogP contribution in [0.2, 0.25) is 0 Å². The number of aryl methyl sites for hydroxylation is 1. The van der Waals surface area contributed by atoms with Crippen molar-refractivity contribution < 1.29 is 22.8 Å². The standard InChI is InChI=1S/C34H41N5O5S/c1-7-18-35-34(42)30(8-2)39(31-17-13-12-14-24(31)3)20-19-36-32(40)27-21-28(23-29(22-27)38(5)45(6,43)44)33(41)37-25(4)26-15-10-9-11-16-26/h1,9-17,21-23,25,30H,8,18-20H2,2-6H3,(H,35,42)(H,36,40)(H,37,41)/t25-,30+/m1/s1. The van der Waals surface area contributed by atoms with Crippen LogP contribution in [0.3, 0.4) is 0 Å². The van der Waals surface area contributed by atoms with E-state index in [0.29, 0.717) is 13.0 Å². The summed E-state index contributed by atoms with van der Waals surface area (Å²) >= 11 is 0. The highest BCUT2D eigenvalue weighted by molar-refractivity contribution is 7.92. The number of carbonyl (C=O) groups excluding carboxylic acids is 3. The Labute approximate surface area is 266 Å². The number of sulfonamides is 1. The van der Waals surface area contributed by atoms with Crippen LogP contribution in [-0.2, 0) is 14.8 Å². The fraction of sp³-hybridized carbons (Fsp3) is 0.324. The number of carbonyl (C=O) groups is 3. The lowest BCUT2D eigenvalue weighted by atomic mass is 10.1. The molecule has 0 aromatic heterocycles. The van der Waals surface area contributed by atoms with Crippen LogP contribution in [0.5, 0.6) is 0 Å². The van der Waals surface area contributed by atoms with E-state index in [2.05, 4.69) is 21.9 Å². The van der Waals surface area contributed by atoms with Gasteiger partial charge >= 0.3 is 0 Å². The van der Waals surface area contributed by atoms with Gasteiger partial charge in [0.15, 0.2) is 0 Å². The summed E-state index contributed by atoms with van der Waals surface area (Å²) in [5, 5.41) is 8.54. The van der Waals surface area contributed by atoms with Crippen LogP contribution < -0.4 is 25.2 Å². The van der Waals surface area contributed by atoms with Gasteiger partial charge in [0, 0.05) is 37.0 Å². The number of amides is 3. The zero-order chi connectivity index (χ0) is 33.1. The van der Waals surface area contributed by atoms with Crippen molar-refractivity contribution in [2.75, 3.05) is 42.1 Å². The van der Waals surface area contributed by atoms with Crippen molar-refractivity contribution in [3.63, 3.8) is 0 Å².